The molecule has 0 saturated carbocycles. The van der Waals surface area contributed by atoms with Crippen LogP contribution in [0.1, 0.15) is 16.8 Å². The van der Waals surface area contributed by atoms with E-state index >= 15 is 0 Å². The molecule has 1 aliphatic rings. The van der Waals surface area contributed by atoms with Crippen molar-refractivity contribution in [3.63, 3.8) is 0 Å². The number of carbonyl (C=O) groups is 1. The van der Waals surface area contributed by atoms with E-state index in [9.17, 15) is 4.79 Å². The first-order valence-corrected chi connectivity index (χ1v) is 8.22. The molecule has 1 atom stereocenters. The monoisotopic (exact) mass is 338 g/mol. The molecule has 3 heterocycles. The third kappa shape index (κ3) is 3.21. The summed E-state index contributed by atoms with van der Waals surface area (Å²) in [7, 11) is 0. The highest BCUT2D eigenvalue weighted by Crippen LogP contribution is 2.24. The number of nitrogens with zero attached hydrogens (tertiary/aromatic N) is 2. The summed E-state index contributed by atoms with van der Waals surface area (Å²) in [4.78, 5) is 15.5. The molecular weight excluding hydrogens is 320 g/mol. The van der Waals surface area contributed by atoms with Crippen LogP contribution < -0.4 is 4.74 Å². The standard InChI is InChI=1S/C19H18N2O4/c22-19(23)15-3-6-18-20-9-17(21(18)10-15)14-1-4-16(5-2-14)25-12-13-7-8-24-11-13/h1-6,9-10,13H,7-8,11-12H2,(H,22,23). The average molecular weight is 338 g/mol. The first kappa shape index (κ1) is 15.7. The van der Waals surface area contributed by atoms with Crippen molar-refractivity contribution in [1.82, 2.24) is 9.38 Å². The molecule has 1 aromatic carbocycles. The summed E-state index contributed by atoms with van der Waals surface area (Å²) in [6.07, 6.45) is 4.38. The molecule has 1 N–H and O–H groups in total. The number of hydrogen-bond donors (Lipinski definition) is 1. The first-order valence-electron chi connectivity index (χ1n) is 8.22. The molecule has 0 radical (unpaired) electrons. The molecule has 3 aromatic rings. The Kier molecular flexibility index (Phi) is 4.11. The number of imidazole rings is 1. The lowest BCUT2D eigenvalue weighted by Gasteiger charge is -2.11. The fourth-order valence-corrected chi connectivity index (χ4v) is 2.97. The number of hydrogen-bond acceptors (Lipinski definition) is 4. The lowest BCUT2D eigenvalue weighted by Crippen LogP contribution is -2.11. The number of fused-ring (bicyclic) bond motifs is 1. The fourth-order valence-electron chi connectivity index (χ4n) is 2.97. The Morgan fingerprint density at radius 2 is 2.12 bits per heavy atom. The smallest absolute Gasteiger partial charge is 0.337 e. The highest BCUT2D eigenvalue weighted by Gasteiger charge is 2.16. The van der Waals surface area contributed by atoms with Crippen LogP contribution in [-0.4, -0.2) is 40.3 Å². The van der Waals surface area contributed by atoms with Crippen molar-refractivity contribution in [2.75, 3.05) is 19.8 Å². The van der Waals surface area contributed by atoms with Gasteiger partial charge in [-0.3, -0.25) is 4.40 Å². The lowest BCUT2D eigenvalue weighted by molar-refractivity contribution is 0.0696. The summed E-state index contributed by atoms with van der Waals surface area (Å²) >= 11 is 0. The Morgan fingerprint density at radius 1 is 1.28 bits per heavy atom. The van der Waals surface area contributed by atoms with Gasteiger partial charge in [0, 0.05) is 24.3 Å². The third-order valence-electron chi connectivity index (χ3n) is 4.41. The largest absolute Gasteiger partial charge is 0.493 e. The lowest BCUT2D eigenvalue weighted by atomic mass is 10.1. The minimum Gasteiger partial charge on any atom is -0.493 e. The van der Waals surface area contributed by atoms with Crippen LogP contribution in [0, 0.1) is 5.92 Å². The van der Waals surface area contributed by atoms with Gasteiger partial charge < -0.3 is 14.6 Å². The summed E-state index contributed by atoms with van der Waals surface area (Å²) in [6.45, 7) is 2.25. The van der Waals surface area contributed by atoms with Crippen LogP contribution in [0.15, 0.2) is 48.8 Å². The maximum absolute atomic E-state index is 11.2. The van der Waals surface area contributed by atoms with Gasteiger partial charge in [0.2, 0.25) is 0 Å². The van der Waals surface area contributed by atoms with Crippen LogP contribution in [0.2, 0.25) is 0 Å². The molecule has 4 rings (SSSR count). The van der Waals surface area contributed by atoms with Gasteiger partial charge in [-0.2, -0.15) is 0 Å². The van der Waals surface area contributed by atoms with Gasteiger partial charge in [-0.15, -0.1) is 0 Å². The Labute approximate surface area is 144 Å². The molecule has 0 amide bonds. The van der Waals surface area contributed by atoms with Gasteiger partial charge in [-0.05, 0) is 42.8 Å². The van der Waals surface area contributed by atoms with E-state index in [0.717, 1.165) is 36.6 Å². The highest BCUT2D eigenvalue weighted by molar-refractivity contribution is 5.87. The van der Waals surface area contributed by atoms with Gasteiger partial charge in [-0.25, -0.2) is 9.78 Å². The number of carboxylic acids is 1. The SMILES string of the molecule is O=C(O)c1ccc2ncc(-c3ccc(OCC4CCOC4)cc3)n2c1. The molecule has 0 aliphatic carbocycles. The zero-order valence-corrected chi connectivity index (χ0v) is 13.6. The fraction of sp³-hybridized carbons (Fsp3) is 0.263. The van der Waals surface area contributed by atoms with Gasteiger partial charge in [0.15, 0.2) is 0 Å². The zero-order chi connectivity index (χ0) is 17.2. The second-order valence-electron chi connectivity index (χ2n) is 6.16. The van der Waals surface area contributed by atoms with E-state index in [1.807, 2.05) is 24.3 Å². The quantitative estimate of drug-likeness (QED) is 0.774. The van der Waals surface area contributed by atoms with Crippen LogP contribution in [0.25, 0.3) is 16.9 Å². The summed E-state index contributed by atoms with van der Waals surface area (Å²) < 4.78 is 13.0. The molecule has 25 heavy (non-hydrogen) atoms. The molecule has 6 nitrogen and oxygen atoms in total. The van der Waals surface area contributed by atoms with E-state index < -0.39 is 5.97 Å². The molecule has 1 unspecified atom stereocenters. The molecule has 6 heteroatoms. The van der Waals surface area contributed by atoms with Crippen LogP contribution in [0.3, 0.4) is 0 Å². The van der Waals surface area contributed by atoms with Crippen molar-refractivity contribution in [1.29, 1.82) is 0 Å². The van der Waals surface area contributed by atoms with E-state index in [2.05, 4.69) is 4.98 Å². The summed E-state index contributed by atoms with van der Waals surface area (Å²) in [6, 6.07) is 11.0. The number of rotatable bonds is 5. The molecule has 2 aromatic heterocycles. The van der Waals surface area contributed by atoms with E-state index in [-0.39, 0.29) is 5.56 Å². The number of benzene rings is 1. The average Bonchev–Trinajstić information content (AvgIpc) is 3.29. The van der Waals surface area contributed by atoms with Crippen molar-refractivity contribution >= 4 is 11.6 Å². The van der Waals surface area contributed by atoms with Crippen molar-refractivity contribution in [3.05, 3.63) is 54.4 Å². The van der Waals surface area contributed by atoms with Gasteiger partial charge in [0.05, 0.1) is 30.7 Å². The topological polar surface area (TPSA) is 73.1 Å². The Morgan fingerprint density at radius 3 is 2.84 bits per heavy atom. The van der Waals surface area contributed by atoms with Gasteiger partial charge >= 0.3 is 5.97 Å². The van der Waals surface area contributed by atoms with E-state index in [0.29, 0.717) is 18.2 Å². The second-order valence-corrected chi connectivity index (χ2v) is 6.16. The second kappa shape index (κ2) is 6.57. The van der Waals surface area contributed by atoms with Crippen molar-refractivity contribution in [2.45, 2.75) is 6.42 Å². The van der Waals surface area contributed by atoms with Crippen molar-refractivity contribution in [2.24, 2.45) is 5.92 Å². The summed E-state index contributed by atoms with van der Waals surface area (Å²) in [5.74, 6) is 0.324. The normalized spacial score (nSPS) is 17.0. The van der Waals surface area contributed by atoms with Crippen molar-refractivity contribution in [3.8, 4) is 17.0 Å². The number of carboxylic acid groups (broad SMARTS) is 1. The molecule has 1 aliphatic heterocycles. The summed E-state index contributed by atoms with van der Waals surface area (Å²) in [5.41, 5.74) is 2.73. The number of pyridine rings is 1. The Hall–Kier alpha value is -2.86. The zero-order valence-electron chi connectivity index (χ0n) is 13.6. The molecule has 1 saturated heterocycles. The Bertz CT molecular complexity index is 895. The Balaban J connectivity index is 1.56. The van der Waals surface area contributed by atoms with Gasteiger partial charge in [0.1, 0.15) is 11.4 Å². The molecular formula is C19H18N2O4. The van der Waals surface area contributed by atoms with Crippen LogP contribution >= 0.6 is 0 Å². The van der Waals surface area contributed by atoms with E-state index in [4.69, 9.17) is 14.6 Å². The maximum atomic E-state index is 11.2. The van der Waals surface area contributed by atoms with Crippen LogP contribution in [-0.2, 0) is 4.74 Å². The molecule has 1 fully saturated rings. The van der Waals surface area contributed by atoms with Crippen LogP contribution in [0.4, 0.5) is 0 Å². The predicted octanol–water partition coefficient (Wildman–Crippen LogP) is 3.11. The van der Waals surface area contributed by atoms with E-state index in [1.165, 1.54) is 0 Å². The minimum atomic E-state index is -0.957. The maximum Gasteiger partial charge on any atom is 0.337 e. The highest BCUT2D eigenvalue weighted by atomic mass is 16.5. The number of aromatic nitrogens is 2. The van der Waals surface area contributed by atoms with E-state index in [1.54, 1.807) is 28.9 Å². The number of aromatic carboxylic acids is 1. The van der Waals surface area contributed by atoms with Crippen molar-refractivity contribution < 1.29 is 19.4 Å². The minimum absolute atomic E-state index is 0.227. The van der Waals surface area contributed by atoms with Gasteiger partial charge in [0.25, 0.3) is 0 Å². The molecule has 0 bridgehead atoms. The predicted molar refractivity (Wildman–Crippen MR) is 92.0 cm³/mol. The first-order chi connectivity index (χ1) is 12.2. The van der Waals surface area contributed by atoms with Crippen LogP contribution in [0.5, 0.6) is 5.75 Å². The molecule has 0 spiro atoms. The van der Waals surface area contributed by atoms with Gasteiger partial charge in [-0.1, -0.05) is 0 Å². The third-order valence-corrected chi connectivity index (χ3v) is 4.41. The molecule has 128 valence electrons. The number of ether oxygens (including phenoxy) is 2. The summed E-state index contributed by atoms with van der Waals surface area (Å²) in [5, 5.41) is 9.17.